The van der Waals surface area contributed by atoms with Gasteiger partial charge >= 0.3 is 0 Å². The molecule has 0 saturated heterocycles. The summed E-state index contributed by atoms with van der Waals surface area (Å²) >= 11 is 1.06. The van der Waals surface area contributed by atoms with Gasteiger partial charge in [-0.2, -0.15) is 9.36 Å². The Kier molecular flexibility index (Phi) is 3.15. The van der Waals surface area contributed by atoms with E-state index in [-0.39, 0.29) is 5.91 Å². The Morgan fingerprint density at radius 3 is 2.80 bits per heavy atom. The van der Waals surface area contributed by atoms with E-state index in [0.717, 1.165) is 17.1 Å². The fourth-order valence-electron chi connectivity index (χ4n) is 1.87. The summed E-state index contributed by atoms with van der Waals surface area (Å²) in [6.45, 7) is 0. The van der Waals surface area contributed by atoms with Gasteiger partial charge in [0.2, 0.25) is 17.1 Å². The SMILES string of the molecule is O=C(Nc1nc(-c2ccccc2)ns1)[C@H]1C[C@@H]1[N+](=O)[O-]. The maximum atomic E-state index is 11.8. The lowest BCUT2D eigenvalue weighted by Gasteiger charge is -1.97. The summed E-state index contributed by atoms with van der Waals surface area (Å²) in [6.07, 6.45) is 0.295. The lowest BCUT2D eigenvalue weighted by atomic mass is 10.2. The second-order valence-electron chi connectivity index (χ2n) is 4.47. The van der Waals surface area contributed by atoms with Crippen molar-refractivity contribution in [2.45, 2.75) is 12.5 Å². The Hall–Kier alpha value is -2.35. The molecule has 7 nitrogen and oxygen atoms in total. The molecule has 1 aliphatic rings. The van der Waals surface area contributed by atoms with Crippen molar-refractivity contribution in [3.8, 4) is 11.4 Å². The number of amides is 1. The van der Waals surface area contributed by atoms with Gasteiger partial charge in [0.05, 0.1) is 0 Å². The molecule has 2 aromatic rings. The summed E-state index contributed by atoms with van der Waals surface area (Å²) in [5, 5.41) is 13.5. The van der Waals surface area contributed by atoms with Gasteiger partial charge < -0.3 is 5.32 Å². The molecule has 1 aliphatic carbocycles. The van der Waals surface area contributed by atoms with Gasteiger partial charge in [-0.15, -0.1) is 0 Å². The minimum atomic E-state index is -0.753. The molecule has 1 heterocycles. The van der Waals surface area contributed by atoms with Crippen molar-refractivity contribution in [1.29, 1.82) is 0 Å². The summed E-state index contributed by atoms with van der Waals surface area (Å²) < 4.78 is 4.16. The van der Waals surface area contributed by atoms with Crippen LogP contribution in [0.25, 0.3) is 11.4 Å². The van der Waals surface area contributed by atoms with Crippen molar-refractivity contribution in [1.82, 2.24) is 9.36 Å². The summed E-state index contributed by atoms with van der Waals surface area (Å²) in [5.74, 6) is -0.371. The van der Waals surface area contributed by atoms with Crippen LogP contribution in [0, 0.1) is 16.0 Å². The van der Waals surface area contributed by atoms with Gasteiger partial charge in [-0.05, 0) is 0 Å². The number of nitrogens with zero attached hydrogens (tertiary/aromatic N) is 3. The van der Waals surface area contributed by atoms with E-state index in [1.807, 2.05) is 30.3 Å². The van der Waals surface area contributed by atoms with Crippen molar-refractivity contribution in [3.05, 3.63) is 40.4 Å². The molecule has 102 valence electrons. The van der Waals surface area contributed by atoms with Gasteiger partial charge in [0.25, 0.3) is 0 Å². The Balaban J connectivity index is 1.67. The van der Waals surface area contributed by atoms with Crippen LogP contribution in [0.5, 0.6) is 0 Å². The number of nitro groups is 1. The zero-order valence-electron chi connectivity index (χ0n) is 10.2. The van der Waals surface area contributed by atoms with Crippen LogP contribution in [0.15, 0.2) is 30.3 Å². The number of carbonyl (C=O) groups excluding carboxylic acids is 1. The fourth-order valence-corrected chi connectivity index (χ4v) is 2.47. The Morgan fingerprint density at radius 2 is 2.15 bits per heavy atom. The maximum Gasteiger partial charge on any atom is 0.236 e. The molecule has 0 unspecified atom stereocenters. The normalized spacial score (nSPS) is 20.4. The third-order valence-electron chi connectivity index (χ3n) is 3.05. The summed E-state index contributed by atoms with van der Waals surface area (Å²) in [7, 11) is 0. The highest BCUT2D eigenvalue weighted by molar-refractivity contribution is 7.10. The largest absolute Gasteiger partial charge is 0.300 e. The monoisotopic (exact) mass is 290 g/mol. The van der Waals surface area contributed by atoms with Crippen LogP contribution < -0.4 is 5.32 Å². The highest BCUT2D eigenvalue weighted by Crippen LogP contribution is 2.34. The van der Waals surface area contributed by atoms with Crippen molar-refractivity contribution in [2.24, 2.45) is 5.92 Å². The second-order valence-corrected chi connectivity index (χ2v) is 5.23. The molecule has 1 aromatic heterocycles. The Labute approximate surface area is 118 Å². The molecule has 1 amide bonds. The number of rotatable bonds is 4. The molecular formula is C12H10N4O3S. The van der Waals surface area contributed by atoms with Gasteiger partial charge in [-0.1, -0.05) is 30.3 Å². The molecule has 1 N–H and O–H groups in total. The van der Waals surface area contributed by atoms with Crippen molar-refractivity contribution in [3.63, 3.8) is 0 Å². The van der Waals surface area contributed by atoms with Crippen LogP contribution in [0.2, 0.25) is 0 Å². The third-order valence-corrected chi connectivity index (χ3v) is 3.68. The van der Waals surface area contributed by atoms with Crippen LogP contribution in [0.3, 0.4) is 0 Å². The van der Waals surface area contributed by atoms with E-state index in [2.05, 4.69) is 14.7 Å². The van der Waals surface area contributed by atoms with E-state index in [0.29, 0.717) is 17.4 Å². The molecule has 0 aliphatic heterocycles. The van der Waals surface area contributed by atoms with E-state index in [9.17, 15) is 14.9 Å². The van der Waals surface area contributed by atoms with E-state index in [1.165, 1.54) is 0 Å². The topological polar surface area (TPSA) is 98.0 Å². The number of nitrogens with one attached hydrogen (secondary N) is 1. The minimum absolute atomic E-state index is 0.295. The summed E-state index contributed by atoms with van der Waals surface area (Å²) in [6, 6.07) is 8.63. The van der Waals surface area contributed by atoms with Gasteiger partial charge in [0.1, 0.15) is 5.92 Å². The zero-order chi connectivity index (χ0) is 14.1. The van der Waals surface area contributed by atoms with E-state index in [4.69, 9.17) is 0 Å². The first-order valence-corrected chi connectivity index (χ1v) is 6.76. The quantitative estimate of drug-likeness (QED) is 0.684. The molecule has 3 rings (SSSR count). The number of aromatic nitrogens is 2. The van der Waals surface area contributed by atoms with E-state index in [1.54, 1.807) is 0 Å². The lowest BCUT2D eigenvalue weighted by Crippen LogP contribution is -2.18. The molecule has 0 spiro atoms. The maximum absolute atomic E-state index is 11.8. The molecule has 0 bridgehead atoms. The number of hydrogen-bond donors (Lipinski definition) is 1. The smallest absolute Gasteiger partial charge is 0.236 e. The minimum Gasteiger partial charge on any atom is -0.300 e. The van der Waals surface area contributed by atoms with Crippen LogP contribution in [-0.2, 0) is 4.79 Å². The average Bonchev–Trinajstić information content (AvgIpc) is 3.14. The fraction of sp³-hybridized carbons (Fsp3) is 0.250. The molecule has 8 heteroatoms. The van der Waals surface area contributed by atoms with Crippen molar-refractivity contribution in [2.75, 3.05) is 5.32 Å². The number of anilines is 1. The molecule has 1 aromatic carbocycles. The Morgan fingerprint density at radius 1 is 1.40 bits per heavy atom. The van der Waals surface area contributed by atoms with Gasteiger partial charge in [-0.3, -0.25) is 14.9 Å². The first-order chi connectivity index (χ1) is 9.65. The number of benzene rings is 1. The van der Waals surface area contributed by atoms with Crippen LogP contribution in [-0.4, -0.2) is 26.2 Å². The van der Waals surface area contributed by atoms with E-state index < -0.39 is 16.9 Å². The molecule has 2 atom stereocenters. The van der Waals surface area contributed by atoms with Crippen LogP contribution in [0.1, 0.15) is 6.42 Å². The molecule has 20 heavy (non-hydrogen) atoms. The highest BCUT2D eigenvalue weighted by atomic mass is 32.1. The van der Waals surface area contributed by atoms with Crippen molar-refractivity contribution >= 4 is 22.6 Å². The lowest BCUT2D eigenvalue weighted by molar-refractivity contribution is -0.497. The number of hydrogen-bond acceptors (Lipinski definition) is 6. The third kappa shape index (κ3) is 2.50. The molecular weight excluding hydrogens is 280 g/mol. The second kappa shape index (κ2) is 4.97. The molecule has 1 fully saturated rings. The predicted molar refractivity (Wildman–Crippen MR) is 72.9 cm³/mol. The standard InChI is InChI=1S/C12H10N4O3S/c17-11(8-6-9(8)16(18)19)14-12-13-10(15-20-12)7-4-2-1-3-5-7/h1-5,8-9H,6H2,(H,13,14,15,17)/t8-,9-/m0/s1. The highest BCUT2D eigenvalue weighted by Gasteiger charge is 2.53. The molecule has 1 saturated carbocycles. The van der Waals surface area contributed by atoms with Crippen LogP contribution in [0.4, 0.5) is 5.13 Å². The first kappa shape index (κ1) is 12.7. The van der Waals surface area contributed by atoms with Gasteiger partial charge in [0, 0.05) is 28.4 Å². The molecule has 0 radical (unpaired) electrons. The van der Waals surface area contributed by atoms with Crippen LogP contribution >= 0.6 is 11.5 Å². The predicted octanol–water partition coefficient (Wildman–Crippen LogP) is 1.81. The average molecular weight is 290 g/mol. The van der Waals surface area contributed by atoms with Gasteiger partial charge in [0.15, 0.2) is 5.82 Å². The zero-order valence-corrected chi connectivity index (χ0v) is 11.0. The summed E-state index contributed by atoms with van der Waals surface area (Å²) in [4.78, 5) is 26.1. The van der Waals surface area contributed by atoms with E-state index >= 15 is 0 Å². The van der Waals surface area contributed by atoms with Crippen molar-refractivity contribution < 1.29 is 9.72 Å². The first-order valence-electron chi connectivity index (χ1n) is 5.98. The number of carbonyl (C=O) groups is 1. The Bertz CT molecular complexity index is 658. The summed E-state index contributed by atoms with van der Waals surface area (Å²) in [5.41, 5.74) is 0.860. The van der Waals surface area contributed by atoms with Gasteiger partial charge in [-0.25, -0.2) is 0 Å².